The molecule has 0 aliphatic heterocycles. The van der Waals surface area contributed by atoms with Gasteiger partial charge in [0, 0.05) is 29.4 Å². The Balaban J connectivity index is 1.47. The van der Waals surface area contributed by atoms with E-state index in [1.807, 2.05) is 25.1 Å². The Morgan fingerprint density at radius 2 is 1.71 bits per heavy atom. The number of carbonyl (C=O) groups is 1. The van der Waals surface area contributed by atoms with Crippen LogP contribution in [-0.4, -0.2) is 55.5 Å². The minimum absolute atomic E-state index is 0.161. The van der Waals surface area contributed by atoms with Crippen molar-refractivity contribution in [1.82, 2.24) is 13.9 Å². The molecule has 41 heavy (non-hydrogen) atoms. The average molecular weight is 595 g/mol. The molecule has 9 nitrogen and oxygen atoms in total. The standard InChI is InChI=1S/C30H31ClN4O5S/c1-20-4-13-25(14-5-20)41(37,38)34(17-21-6-7-21)19-29(36)33-30-32-26(22-8-10-23(31)11-9-22)18-35(30)24-12-15-27(39-2)28(16-24)40-3/h4-5,8-16,18,21H,6-7,17,19H2,1-3H3,(H,32,33,36). The molecule has 0 saturated heterocycles. The van der Waals surface area contributed by atoms with Crippen LogP contribution < -0.4 is 14.8 Å². The highest BCUT2D eigenvalue weighted by atomic mass is 35.5. The lowest BCUT2D eigenvalue weighted by molar-refractivity contribution is -0.116. The van der Waals surface area contributed by atoms with E-state index in [1.54, 1.807) is 73.5 Å². The van der Waals surface area contributed by atoms with E-state index in [2.05, 4.69) is 10.3 Å². The van der Waals surface area contributed by atoms with E-state index in [4.69, 9.17) is 21.1 Å². The molecular weight excluding hydrogens is 564 g/mol. The van der Waals surface area contributed by atoms with Crippen molar-refractivity contribution in [3.63, 3.8) is 0 Å². The van der Waals surface area contributed by atoms with Gasteiger partial charge in [-0.05, 0) is 62.1 Å². The van der Waals surface area contributed by atoms with E-state index in [9.17, 15) is 13.2 Å². The summed E-state index contributed by atoms with van der Waals surface area (Å²) < 4.78 is 40.8. The second-order valence-electron chi connectivity index (χ2n) is 9.97. The minimum atomic E-state index is -3.88. The molecule has 3 aromatic carbocycles. The van der Waals surface area contributed by atoms with E-state index >= 15 is 0 Å². The molecule has 1 saturated carbocycles. The molecule has 1 aliphatic carbocycles. The molecule has 1 fully saturated rings. The summed E-state index contributed by atoms with van der Waals surface area (Å²) in [6, 6.07) is 19.2. The molecule has 1 aromatic heterocycles. The Hall–Kier alpha value is -3.86. The monoisotopic (exact) mass is 594 g/mol. The van der Waals surface area contributed by atoms with Crippen molar-refractivity contribution in [3.05, 3.63) is 83.5 Å². The molecule has 214 valence electrons. The molecule has 0 unspecified atom stereocenters. The van der Waals surface area contributed by atoms with Crippen LogP contribution in [0, 0.1) is 12.8 Å². The van der Waals surface area contributed by atoms with E-state index in [0.717, 1.165) is 24.0 Å². The first-order valence-electron chi connectivity index (χ1n) is 13.1. The summed E-state index contributed by atoms with van der Waals surface area (Å²) in [4.78, 5) is 18.3. The van der Waals surface area contributed by atoms with Crippen LogP contribution >= 0.6 is 11.6 Å². The number of aryl methyl sites for hydroxylation is 1. The third-order valence-corrected chi connectivity index (χ3v) is 8.96. The fourth-order valence-corrected chi connectivity index (χ4v) is 6.02. The lowest BCUT2D eigenvalue weighted by atomic mass is 10.2. The average Bonchev–Trinajstić information content (AvgIpc) is 3.69. The number of anilines is 1. The van der Waals surface area contributed by atoms with Crippen molar-refractivity contribution in [2.24, 2.45) is 5.92 Å². The molecule has 11 heteroatoms. The number of sulfonamides is 1. The largest absolute Gasteiger partial charge is 0.493 e. The molecule has 0 radical (unpaired) electrons. The maximum absolute atomic E-state index is 13.5. The maximum Gasteiger partial charge on any atom is 0.243 e. The number of carbonyl (C=O) groups excluding carboxylic acids is 1. The van der Waals surface area contributed by atoms with Crippen molar-refractivity contribution in [2.75, 3.05) is 32.6 Å². The fourth-order valence-electron chi connectivity index (χ4n) is 4.42. The molecule has 5 rings (SSSR count). The summed E-state index contributed by atoms with van der Waals surface area (Å²) in [5, 5.41) is 3.43. The second-order valence-corrected chi connectivity index (χ2v) is 12.3. The van der Waals surface area contributed by atoms with Gasteiger partial charge in [0.2, 0.25) is 21.9 Å². The third-order valence-electron chi connectivity index (χ3n) is 6.88. The van der Waals surface area contributed by atoms with Crippen LogP contribution in [0.25, 0.3) is 16.9 Å². The molecule has 1 heterocycles. The number of aromatic nitrogens is 2. The number of nitrogens with one attached hydrogen (secondary N) is 1. The predicted molar refractivity (Wildman–Crippen MR) is 158 cm³/mol. The van der Waals surface area contributed by atoms with Crippen molar-refractivity contribution in [2.45, 2.75) is 24.7 Å². The normalized spacial score (nSPS) is 13.3. The van der Waals surface area contributed by atoms with Crippen LogP contribution in [0.1, 0.15) is 18.4 Å². The minimum Gasteiger partial charge on any atom is -0.493 e. The van der Waals surface area contributed by atoms with Crippen molar-refractivity contribution >= 4 is 33.5 Å². The van der Waals surface area contributed by atoms with Gasteiger partial charge in [-0.2, -0.15) is 4.31 Å². The zero-order chi connectivity index (χ0) is 29.1. The molecule has 1 aliphatic rings. The van der Waals surface area contributed by atoms with E-state index in [0.29, 0.717) is 27.9 Å². The Morgan fingerprint density at radius 1 is 1.02 bits per heavy atom. The molecule has 0 bridgehead atoms. The molecule has 0 atom stereocenters. The van der Waals surface area contributed by atoms with Gasteiger partial charge in [0.05, 0.1) is 37.0 Å². The Bertz CT molecular complexity index is 1650. The molecular formula is C30H31ClN4O5S. The highest BCUT2D eigenvalue weighted by Crippen LogP contribution is 2.33. The van der Waals surface area contributed by atoms with Crippen molar-refractivity contribution in [3.8, 4) is 28.4 Å². The van der Waals surface area contributed by atoms with Gasteiger partial charge in [0.15, 0.2) is 11.5 Å². The van der Waals surface area contributed by atoms with Gasteiger partial charge in [-0.25, -0.2) is 13.4 Å². The van der Waals surface area contributed by atoms with Crippen LogP contribution in [-0.2, 0) is 14.8 Å². The zero-order valence-electron chi connectivity index (χ0n) is 23.0. The number of benzene rings is 3. The highest BCUT2D eigenvalue weighted by molar-refractivity contribution is 7.89. The zero-order valence-corrected chi connectivity index (χ0v) is 24.6. The molecule has 1 N–H and O–H groups in total. The number of nitrogens with zero attached hydrogens (tertiary/aromatic N) is 3. The van der Waals surface area contributed by atoms with Crippen LogP contribution in [0.2, 0.25) is 5.02 Å². The summed E-state index contributed by atoms with van der Waals surface area (Å²) in [7, 11) is -0.784. The number of amides is 1. The van der Waals surface area contributed by atoms with Crippen LogP contribution in [0.3, 0.4) is 0 Å². The predicted octanol–water partition coefficient (Wildman–Crippen LogP) is 5.56. The van der Waals surface area contributed by atoms with Crippen LogP contribution in [0.5, 0.6) is 11.5 Å². The number of imidazole rings is 1. The number of methoxy groups -OCH3 is 2. The number of rotatable bonds is 11. The quantitative estimate of drug-likeness (QED) is 0.244. The van der Waals surface area contributed by atoms with E-state index in [-0.39, 0.29) is 29.9 Å². The second kappa shape index (κ2) is 11.9. The summed E-state index contributed by atoms with van der Waals surface area (Å²) in [5.74, 6) is 1.02. The summed E-state index contributed by atoms with van der Waals surface area (Å²) in [6.07, 6.45) is 3.66. The lowest BCUT2D eigenvalue weighted by Gasteiger charge is -2.22. The lowest BCUT2D eigenvalue weighted by Crippen LogP contribution is -2.39. The van der Waals surface area contributed by atoms with Crippen LogP contribution in [0.4, 0.5) is 5.95 Å². The number of hydrogen-bond donors (Lipinski definition) is 1. The summed E-state index contributed by atoms with van der Waals surface area (Å²) >= 11 is 6.08. The van der Waals surface area contributed by atoms with E-state index in [1.165, 1.54) is 4.31 Å². The smallest absolute Gasteiger partial charge is 0.243 e. The maximum atomic E-state index is 13.5. The Morgan fingerprint density at radius 3 is 2.34 bits per heavy atom. The number of hydrogen-bond acceptors (Lipinski definition) is 6. The van der Waals surface area contributed by atoms with Gasteiger partial charge >= 0.3 is 0 Å². The van der Waals surface area contributed by atoms with Gasteiger partial charge in [-0.3, -0.25) is 14.7 Å². The Kier molecular flexibility index (Phi) is 8.35. The van der Waals surface area contributed by atoms with Gasteiger partial charge in [-0.1, -0.05) is 41.4 Å². The molecule has 1 amide bonds. The molecule has 0 spiro atoms. The first-order chi connectivity index (χ1) is 19.7. The third kappa shape index (κ3) is 6.56. The van der Waals surface area contributed by atoms with Crippen molar-refractivity contribution < 1.29 is 22.7 Å². The Labute approximate surface area is 244 Å². The summed E-state index contributed by atoms with van der Waals surface area (Å²) in [6.45, 7) is 1.83. The van der Waals surface area contributed by atoms with Gasteiger partial charge < -0.3 is 9.47 Å². The fraction of sp³-hybridized carbons (Fsp3) is 0.267. The van der Waals surface area contributed by atoms with Gasteiger partial charge in [0.1, 0.15) is 0 Å². The SMILES string of the molecule is COc1ccc(-n2cc(-c3ccc(Cl)cc3)nc2NC(=O)CN(CC2CC2)S(=O)(=O)c2ccc(C)cc2)cc1OC. The number of ether oxygens (including phenoxy) is 2. The van der Waals surface area contributed by atoms with Crippen LogP contribution in [0.15, 0.2) is 77.8 Å². The topological polar surface area (TPSA) is 103 Å². The first-order valence-corrected chi connectivity index (χ1v) is 14.9. The molecule has 4 aromatic rings. The number of halogens is 1. The first kappa shape index (κ1) is 28.7. The van der Waals surface area contributed by atoms with Gasteiger partial charge in [0.25, 0.3) is 0 Å². The van der Waals surface area contributed by atoms with E-state index < -0.39 is 15.9 Å². The van der Waals surface area contributed by atoms with Gasteiger partial charge in [-0.15, -0.1) is 0 Å². The highest BCUT2D eigenvalue weighted by Gasteiger charge is 2.33. The summed E-state index contributed by atoms with van der Waals surface area (Å²) in [5.41, 5.74) is 3.00. The van der Waals surface area contributed by atoms with Crippen molar-refractivity contribution in [1.29, 1.82) is 0 Å².